The van der Waals surface area contributed by atoms with Gasteiger partial charge in [-0.05, 0) is 30.9 Å². The van der Waals surface area contributed by atoms with Crippen LogP contribution < -0.4 is 0 Å². The minimum Gasteiger partial charge on any atom is -0.465 e. The first kappa shape index (κ1) is 11.1. The molecule has 0 saturated carbocycles. The Morgan fingerprint density at radius 1 is 1.50 bits per heavy atom. The number of aryl methyl sites for hydroxylation is 1. The molecular formula is C13H16O3. The molecule has 1 atom stereocenters. The largest absolute Gasteiger partial charge is 0.465 e. The molecule has 2 rings (SSSR count). The lowest BCUT2D eigenvalue weighted by Gasteiger charge is -2.25. The molecule has 0 spiro atoms. The van der Waals surface area contributed by atoms with Gasteiger partial charge in [-0.2, -0.15) is 0 Å². The van der Waals surface area contributed by atoms with Crippen LogP contribution in [0.2, 0.25) is 0 Å². The molecule has 3 heteroatoms. The van der Waals surface area contributed by atoms with E-state index < -0.39 is 5.41 Å². The lowest BCUT2D eigenvalue weighted by molar-refractivity contribution is -0.151. The van der Waals surface area contributed by atoms with E-state index in [-0.39, 0.29) is 12.6 Å². The topological polar surface area (TPSA) is 46.5 Å². The van der Waals surface area contributed by atoms with Gasteiger partial charge in [-0.25, -0.2) is 0 Å². The second kappa shape index (κ2) is 4.26. The first-order valence-electron chi connectivity index (χ1n) is 5.61. The van der Waals surface area contributed by atoms with Crippen LogP contribution in [0.25, 0.3) is 0 Å². The normalized spacial score (nSPS) is 22.9. The maximum Gasteiger partial charge on any atom is 0.318 e. The van der Waals surface area contributed by atoms with E-state index in [1.165, 1.54) is 0 Å². The Kier molecular flexibility index (Phi) is 2.97. The molecule has 1 aromatic carbocycles. The quantitative estimate of drug-likeness (QED) is 0.784. The fourth-order valence-electron chi connectivity index (χ4n) is 2.40. The third-order valence-electron chi connectivity index (χ3n) is 3.29. The maximum absolute atomic E-state index is 12.0. The van der Waals surface area contributed by atoms with E-state index in [1.54, 1.807) is 6.92 Å². The molecule has 0 fully saturated rings. The van der Waals surface area contributed by atoms with Gasteiger partial charge in [-0.15, -0.1) is 0 Å². The number of fused-ring (bicyclic) bond motifs is 1. The minimum absolute atomic E-state index is 0.178. The van der Waals surface area contributed by atoms with Gasteiger partial charge >= 0.3 is 5.97 Å². The van der Waals surface area contributed by atoms with E-state index in [0.717, 1.165) is 17.5 Å². The summed E-state index contributed by atoms with van der Waals surface area (Å²) >= 11 is 0. The SMILES string of the molecule is CCOC(=O)[C@]1(CO)CCc2ccccc21. The van der Waals surface area contributed by atoms with Crippen molar-refractivity contribution in [2.45, 2.75) is 25.2 Å². The van der Waals surface area contributed by atoms with Crippen LogP contribution >= 0.6 is 0 Å². The molecule has 86 valence electrons. The van der Waals surface area contributed by atoms with Gasteiger partial charge in [0.05, 0.1) is 13.2 Å². The summed E-state index contributed by atoms with van der Waals surface area (Å²) in [6.07, 6.45) is 1.47. The van der Waals surface area contributed by atoms with E-state index in [2.05, 4.69) is 0 Å². The summed E-state index contributed by atoms with van der Waals surface area (Å²) < 4.78 is 5.08. The Labute approximate surface area is 95.0 Å². The Hall–Kier alpha value is -1.35. The number of benzene rings is 1. The number of carbonyl (C=O) groups is 1. The van der Waals surface area contributed by atoms with Crippen LogP contribution in [0.1, 0.15) is 24.5 Å². The molecule has 1 aliphatic rings. The van der Waals surface area contributed by atoms with Crippen molar-refractivity contribution in [1.82, 2.24) is 0 Å². The van der Waals surface area contributed by atoms with Crippen molar-refractivity contribution >= 4 is 5.97 Å². The van der Waals surface area contributed by atoms with Gasteiger partial charge in [-0.1, -0.05) is 24.3 Å². The molecule has 0 amide bonds. The molecule has 3 nitrogen and oxygen atoms in total. The summed E-state index contributed by atoms with van der Waals surface area (Å²) in [5.41, 5.74) is 1.24. The smallest absolute Gasteiger partial charge is 0.318 e. The van der Waals surface area contributed by atoms with Crippen molar-refractivity contribution < 1.29 is 14.6 Å². The highest BCUT2D eigenvalue weighted by atomic mass is 16.5. The van der Waals surface area contributed by atoms with E-state index in [1.807, 2.05) is 24.3 Å². The third-order valence-corrected chi connectivity index (χ3v) is 3.29. The number of carbonyl (C=O) groups excluding carboxylic acids is 1. The molecule has 0 bridgehead atoms. The van der Waals surface area contributed by atoms with Crippen molar-refractivity contribution in [3.63, 3.8) is 0 Å². The highest BCUT2D eigenvalue weighted by Gasteiger charge is 2.45. The summed E-state index contributed by atoms with van der Waals surface area (Å²) in [7, 11) is 0. The lowest BCUT2D eigenvalue weighted by Crippen LogP contribution is -2.39. The Morgan fingerprint density at radius 3 is 2.94 bits per heavy atom. The standard InChI is InChI=1S/C13H16O3/c1-2-16-12(15)13(9-14)8-7-10-5-3-4-6-11(10)13/h3-6,14H,2,7-9H2,1H3/t13-/m0/s1. The number of rotatable bonds is 3. The molecule has 0 heterocycles. The van der Waals surface area contributed by atoms with Gasteiger partial charge < -0.3 is 9.84 Å². The van der Waals surface area contributed by atoms with Crippen molar-refractivity contribution in [1.29, 1.82) is 0 Å². The fourth-order valence-corrected chi connectivity index (χ4v) is 2.40. The number of esters is 1. The summed E-state index contributed by atoms with van der Waals surface area (Å²) in [6.45, 7) is 1.95. The van der Waals surface area contributed by atoms with Gasteiger partial charge in [0.1, 0.15) is 5.41 Å². The third kappa shape index (κ3) is 1.52. The Bertz CT molecular complexity index is 400. The zero-order chi connectivity index (χ0) is 11.6. The average molecular weight is 220 g/mol. The highest BCUT2D eigenvalue weighted by molar-refractivity contribution is 5.85. The van der Waals surface area contributed by atoms with E-state index >= 15 is 0 Å². The number of aliphatic hydroxyl groups excluding tert-OH is 1. The number of ether oxygens (including phenoxy) is 1. The Morgan fingerprint density at radius 2 is 2.25 bits per heavy atom. The predicted octanol–water partition coefficient (Wildman–Crippen LogP) is 1.43. The van der Waals surface area contributed by atoms with E-state index in [4.69, 9.17) is 4.74 Å². The second-order valence-corrected chi connectivity index (χ2v) is 4.12. The molecule has 0 aromatic heterocycles. The molecule has 1 aliphatic carbocycles. The monoisotopic (exact) mass is 220 g/mol. The fraction of sp³-hybridized carbons (Fsp3) is 0.462. The molecule has 16 heavy (non-hydrogen) atoms. The van der Waals surface area contributed by atoms with Crippen molar-refractivity contribution in [3.05, 3.63) is 35.4 Å². The van der Waals surface area contributed by atoms with Crippen LogP contribution in [-0.4, -0.2) is 24.3 Å². The highest BCUT2D eigenvalue weighted by Crippen LogP contribution is 2.39. The molecule has 0 unspecified atom stereocenters. The number of hydrogen-bond donors (Lipinski definition) is 1. The predicted molar refractivity (Wildman–Crippen MR) is 60.2 cm³/mol. The molecule has 0 aliphatic heterocycles. The average Bonchev–Trinajstić information content (AvgIpc) is 2.69. The number of aliphatic hydroxyl groups is 1. The minimum atomic E-state index is -0.827. The van der Waals surface area contributed by atoms with Crippen LogP contribution in [0.15, 0.2) is 24.3 Å². The van der Waals surface area contributed by atoms with E-state index in [0.29, 0.717) is 13.0 Å². The molecule has 0 saturated heterocycles. The van der Waals surface area contributed by atoms with Gasteiger partial charge in [-0.3, -0.25) is 4.79 Å². The molecule has 1 N–H and O–H groups in total. The van der Waals surface area contributed by atoms with Crippen LogP contribution in [-0.2, 0) is 21.4 Å². The Balaban J connectivity index is 2.41. The van der Waals surface area contributed by atoms with Crippen LogP contribution in [0.3, 0.4) is 0 Å². The zero-order valence-corrected chi connectivity index (χ0v) is 9.40. The summed E-state index contributed by atoms with van der Waals surface area (Å²) in [5, 5.41) is 9.56. The maximum atomic E-state index is 12.0. The summed E-state index contributed by atoms with van der Waals surface area (Å²) in [6, 6.07) is 7.77. The molecular weight excluding hydrogens is 204 g/mol. The van der Waals surface area contributed by atoms with Gasteiger partial charge in [0.25, 0.3) is 0 Å². The van der Waals surface area contributed by atoms with Crippen LogP contribution in [0.5, 0.6) is 0 Å². The zero-order valence-electron chi connectivity index (χ0n) is 9.40. The first-order valence-corrected chi connectivity index (χ1v) is 5.61. The van der Waals surface area contributed by atoms with Crippen LogP contribution in [0.4, 0.5) is 0 Å². The van der Waals surface area contributed by atoms with Crippen molar-refractivity contribution in [2.24, 2.45) is 0 Å². The number of hydrogen-bond acceptors (Lipinski definition) is 3. The molecule has 1 aromatic rings. The van der Waals surface area contributed by atoms with E-state index in [9.17, 15) is 9.90 Å². The lowest BCUT2D eigenvalue weighted by atomic mass is 9.83. The van der Waals surface area contributed by atoms with Crippen molar-refractivity contribution in [2.75, 3.05) is 13.2 Å². The molecule has 0 radical (unpaired) electrons. The summed E-state index contributed by atoms with van der Waals surface area (Å²) in [4.78, 5) is 12.0. The van der Waals surface area contributed by atoms with Gasteiger partial charge in [0, 0.05) is 0 Å². The van der Waals surface area contributed by atoms with Crippen LogP contribution in [0, 0.1) is 0 Å². The summed E-state index contributed by atoms with van der Waals surface area (Å²) in [5.74, 6) is -0.303. The van der Waals surface area contributed by atoms with Crippen molar-refractivity contribution in [3.8, 4) is 0 Å². The second-order valence-electron chi connectivity index (χ2n) is 4.12. The van der Waals surface area contributed by atoms with Gasteiger partial charge in [0.15, 0.2) is 0 Å². The first-order chi connectivity index (χ1) is 7.74. The van der Waals surface area contributed by atoms with Gasteiger partial charge in [0.2, 0.25) is 0 Å².